The number of methoxy groups -OCH3 is 1. The van der Waals surface area contributed by atoms with Gasteiger partial charge in [0.05, 0.1) is 4.90 Å². The number of aryl methyl sites for hydroxylation is 2. The van der Waals surface area contributed by atoms with E-state index in [0.29, 0.717) is 19.6 Å². The summed E-state index contributed by atoms with van der Waals surface area (Å²) in [6.45, 7) is 4.91. The fourth-order valence-electron chi connectivity index (χ4n) is 2.78. The van der Waals surface area contributed by atoms with Crippen LogP contribution in [0.3, 0.4) is 0 Å². The molecular weight excluding hydrogens is 376 g/mol. The van der Waals surface area contributed by atoms with Crippen molar-refractivity contribution < 1.29 is 17.6 Å². The highest BCUT2D eigenvalue weighted by atomic mass is 32.2. The standard InChI is InChI=1S/C21H24N2O4S/c1-15-9-11-17(12-10-15)28(24,25)21-20(22-13-6-14-26-3)27-19(23-21)18-8-5-4-7-16(18)2/h4-5,7-12,22H,6,13-14H2,1-3H3. The van der Waals surface area contributed by atoms with Crippen molar-refractivity contribution in [3.05, 3.63) is 59.7 Å². The lowest BCUT2D eigenvalue weighted by Gasteiger charge is -2.06. The van der Waals surface area contributed by atoms with Gasteiger partial charge in [-0.3, -0.25) is 0 Å². The van der Waals surface area contributed by atoms with Gasteiger partial charge in [0.1, 0.15) is 0 Å². The lowest BCUT2D eigenvalue weighted by atomic mass is 10.1. The van der Waals surface area contributed by atoms with Crippen LogP contribution in [-0.2, 0) is 14.6 Å². The Hall–Kier alpha value is -2.64. The second-order valence-corrected chi connectivity index (χ2v) is 8.42. The molecule has 28 heavy (non-hydrogen) atoms. The third-order valence-corrected chi connectivity index (χ3v) is 6.05. The van der Waals surface area contributed by atoms with Gasteiger partial charge in [0, 0.05) is 25.8 Å². The van der Waals surface area contributed by atoms with E-state index in [9.17, 15) is 8.42 Å². The van der Waals surface area contributed by atoms with Crippen molar-refractivity contribution in [2.24, 2.45) is 0 Å². The fraction of sp³-hybridized carbons (Fsp3) is 0.286. The van der Waals surface area contributed by atoms with E-state index in [1.54, 1.807) is 31.4 Å². The van der Waals surface area contributed by atoms with Crippen molar-refractivity contribution in [2.45, 2.75) is 30.2 Å². The van der Waals surface area contributed by atoms with E-state index in [1.165, 1.54) is 0 Å². The van der Waals surface area contributed by atoms with Crippen molar-refractivity contribution in [3.63, 3.8) is 0 Å². The monoisotopic (exact) mass is 400 g/mol. The molecule has 3 rings (SSSR count). The van der Waals surface area contributed by atoms with Crippen LogP contribution in [0.25, 0.3) is 11.5 Å². The summed E-state index contributed by atoms with van der Waals surface area (Å²) in [6, 6.07) is 14.3. The number of sulfone groups is 1. The van der Waals surface area contributed by atoms with E-state index in [0.717, 1.165) is 16.7 Å². The summed E-state index contributed by atoms with van der Waals surface area (Å²) >= 11 is 0. The molecule has 0 unspecified atom stereocenters. The van der Waals surface area contributed by atoms with Gasteiger partial charge in [-0.15, -0.1) is 0 Å². The second-order valence-electron chi connectivity index (χ2n) is 6.56. The average Bonchev–Trinajstić information content (AvgIpc) is 3.11. The maximum atomic E-state index is 13.2. The maximum absolute atomic E-state index is 13.2. The highest BCUT2D eigenvalue weighted by molar-refractivity contribution is 7.91. The van der Waals surface area contributed by atoms with Gasteiger partial charge in [-0.1, -0.05) is 35.9 Å². The van der Waals surface area contributed by atoms with Crippen molar-refractivity contribution in [2.75, 3.05) is 25.6 Å². The molecule has 0 saturated heterocycles. The zero-order valence-electron chi connectivity index (χ0n) is 16.2. The minimum atomic E-state index is -3.83. The van der Waals surface area contributed by atoms with Crippen LogP contribution in [0.4, 0.5) is 5.88 Å². The van der Waals surface area contributed by atoms with Gasteiger partial charge < -0.3 is 14.5 Å². The summed E-state index contributed by atoms with van der Waals surface area (Å²) in [5, 5.41) is 2.95. The first-order chi connectivity index (χ1) is 13.4. The Bertz CT molecular complexity index is 1040. The molecule has 0 atom stereocenters. The van der Waals surface area contributed by atoms with Gasteiger partial charge in [-0.05, 0) is 44.0 Å². The predicted octanol–water partition coefficient (Wildman–Crippen LogP) is 4.24. The molecule has 0 aliphatic heterocycles. The number of nitrogens with zero attached hydrogens (tertiary/aromatic N) is 1. The van der Waals surface area contributed by atoms with E-state index in [2.05, 4.69) is 10.3 Å². The van der Waals surface area contributed by atoms with Crippen molar-refractivity contribution in [1.29, 1.82) is 0 Å². The number of anilines is 1. The Labute approximate surface area is 165 Å². The van der Waals surface area contributed by atoms with Crippen molar-refractivity contribution in [3.8, 4) is 11.5 Å². The van der Waals surface area contributed by atoms with Gasteiger partial charge in [0.2, 0.25) is 26.6 Å². The fourth-order valence-corrected chi connectivity index (χ4v) is 4.05. The number of oxazole rings is 1. The van der Waals surface area contributed by atoms with Crippen LogP contribution in [0, 0.1) is 13.8 Å². The first kappa shape index (κ1) is 20.1. The summed E-state index contributed by atoms with van der Waals surface area (Å²) < 4.78 is 37.3. The number of ether oxygens (including phenoxy) is 1. The molecule has 0 spiro atoms. The summed E-state index contributed by atoms with van der Waals surface area (Å²) in [5.41, 5.74) is 2.69. The SMILES string of the molecule is COCCCNc1oc(-c2ccccc2C)nc1S(=O)(=O)c1ccc(C)cc1. The average molecular weight is 401 g/mol. The number of nitrogens with one attached hydrogen (secondary N) is 1. The minimum absolute atomic E-state index is 0.105. The maximum Gasteiger partial charge on any atom is 0.233 e. The molecule has 1 N–H and O–H groups in total. The quantitative estimate of drug-likeness (QED) is 0.570. The zero-order valence-corrected chi connectivity index (χ0v) is 17.0. The Kier molecular flexibility index (Phi) is 6.16. The Balaban J connectivity index is 2.04. The van der Waals surface area contributed by atoms with E-state index in [4.69, 9.17) is 9.15 Å². The van der Waals surface area contributed by atoms with Crippen LogP contribution in [0.2, 0.25) is 0 Å². The number of hydrogen-bond acceptors (Lipinski definition) is 6. The van der Waals surface area contributed by atoms with E-state index >= 15 is 0 Å². The minimum Gasteiger partial charge on any atom is -0.419 e. The van der Waals surface area contributed by atoms with E-state index in [-0.39, 0.29) is 21.7 Å². The zero-order chi connectivity index (χ0) is 20.1. The number of rotatable bonds is 8. The molecule has 1 heterocycles. The number of aromatic nitrogens is 1. The van der Waals surface area contributed by atoms with E-state index < -0.39 is 9.84 Å². The highest BCUT2D eigenvalue weighted by Gasteiger charge is 2.28. The first-order valence-corrected chi connectivity index (χ1v) is 10.5. The molecule has 0 bridgehead atoms. The largest absolute Gasteiger partial charge is 0.419 e. The van der Waals surface area contributed by atoms with Crippen LogP contribution in [0.15, 0.2) is 62.9 Å². The summed E-state index contributed by atoms with van der Waals surface area (Å²) in [5.74, 6) is 0.424. The number of hydrogen-bond donors (Lipinski definition) is 1. The molecular formula is C21H24N2O4S. The smallest absolute Gasteiger partial charge is 0.233 e. The molecule has 3 aromatic rings. The molecule has 7 heteroatoms. The summed E-state index contributed by atoms with van der Waals surface area (Å²) in [4.78, 5) is 4.55. The lowest BCUT2D eigenvalue weighted by Crippen LogP contribution is -2.09. The third-order valence-electron chi connectivity index (χ3n) is 4.37. The normalized spacial score (nSPS) is 11.5. The number of benzene rings is 2. The van der Waals surface area contributed by atoms with Crippen molar-refractivity contribution in [1.82, 2.24) is 4.98 Å². The van der Waals surface area contributed by atoms with Crippen LogP contribution >= 0.6 is 0 Å². The van der Waals surface area contributed by atoms with Crippen LogP contribution in [0.1, 0.15) is 17.5 Å². The van der Waals surface area contributed by atoms with Crippen molar-refractivity contribution >= 4 is 15.7 Å². The Morgan fingerprint density at radius 1 is 1.07 bits per heavy atom. The van der Waals surface area contributed by atoms with Gasteiger partial charge in [-0.25, -0.2) is 8.42 Å². The van der Waals surface area contributed by atoms with Gasteiger partial charge in [-0.2, -0.15) is 4.98 Å². The molecule has 2 aromatic carbocycles. The highest BCUT2D eigenvalue weighted by Crippen LogP contribution is 2.33. The van der Waals surface area contributed by atoms with E-state index in [1.807, 2.05) is 38.1 Å². The van der Waals surface area contributed by atoms with Gasteiger partial charge in [0.25, 0.3) is 0 Å². The topological polar surface area (TPSA) is 81.4 Å². The molecule has 0 saturated carbocycles. The van der Waals surface area contributed by atoms with Gasteiger partial charge >= 0.3 is 0 Å². The summed E-state index contributed by atoms with van der Waals surface area (Å²) in [6.07, 6.45) is 0.709. The first-order valence-electron chi connectivity index (χ1n) is 9.05. The molecule has 0 radical (unpaired) electrons. The van der Waals surface area contributed by atoms with Crippen LogP contribution < -0.4 is 5.32 Å². The molecule has 0 fully saturated rings. The predicted molar refractivity (Wildman–Crippen MR) is 108 cm³/mol. The Morgan fingerprint density at radius 2 is 1.79 bits per heavy atom. The molecule has 6 nitrogen and oxygen atoms in total. The summed E-state index contributed by atoms with van der Waals surface area (Å²) in [7, 11) is -2.20. The second kappa shape index (κ2) is 8.58. The van der Waals surface area contributed by atoms with Crippen LogP contribution in [-0.4, -0.2) is 33.7 Å². The molecule has 0 amide bonds. The molecule has 0 aliphatic carbocycles. The van der Waals surface area contributed by atoms with Crippen LogP contribution in [0.5, 0.6) is 0 Å². The van der Waals surface area contributed by atoms with Gasteiger partial charge in [0.15, 0.2) is 0 Å². The molecule has 0 aliphatic rings. The Morgan fingerprint density at radius 3 is 2.46 bits per heavy atom. The molecule has 148 valence electrons. The third kappa shape index (κ3) is 4.26. The lowest BCUT2D eigenvalue weighted by molar-refractivity contribution is 0.197. The molecule has 1 aromatic heterocycles.